The number of aromatic nitrogens is 4. The van der Waals surface area contributed by atoms with Gasteiger partial charge in [0.1, 0.15) is 0 Å². The minimum absolute atomic E-state index is 0.0415. The minimum atomic E-state index is 0.0415. The number of hydrogen-bond acceptors (Lipinski definition) is 5. The molecule has 3 heterocycles. The van der Waals surface area contributed by atoms with Crippen LogP contribution in [0.5, 0.6) is 0 Å². The highest BCUT2D eigenvalue weighted by molar-refractivity contribution is 6.31. The minimum Gasteiger partial charge on any atom is -0.339 e. The number of likely N-dealkylation sites (tertiary alicyclic amines) is 1. The highest BCUT2D eigenvalue weighted by atomic mass is 35.5. The Bertz CT molecular complexity index is 763. The molecule has 0 unspecified atom stereocenters. The lowest BCUT2D eigenvalue weighted by molar-refractivity contribution is 0.242. The van der Waals surface area contributed by atoms with Crippen LogP contribution in [0.2, 0.25) is 5.02 Å². The molecule has 0 spiro atoms. The lowest BCUT2D eigenvalue weighted by Gasteiger charge is -2.24. The van der Waals surface area contributed by atoms with Crippen molar-refractivity contribution in [1.29, 1.82) is 0 Å². The zero-order chi connectivity index (χ0) is 17.0. The summed E-state index contributed by atoms with van der Waals surface area (Å²) in [6, 6.07) is 0. The molecule has 2 aromatic rings. The van der Waals surface area contributed by atoms with Gasteiger partial charge in [-0.2, -0.15) is 10.1 Å². The first kappa shape index (κ1) is 15.8. The third kappa shape index (κ3) is 2.70. The van der Waals surface area contributed by atoms with E-state index in [1.165, 1.54) is 25.7 Å². The van der Waals surface area contributed by atoms with E-state index in [4.69, 9.17) is 21.1 Å². The van der Waals surface area contributed by atoms with Crippen LogP contribution in [-0.4, -0.2) is 37.9 Å². The highest BCUT2D eigenvalue weighted by Gasteiger charge is 2.54. The van der Waals surface area contributed by atoms with Crippen molar-refractivity contribution in [1.82, 2.24) is 24.8 Å². The van der Waals surface area contributed by atoms with Gasteiger partial charge in [0.2, 0.25) is 5.89 Å². The van der Waals surface area contributed by atoms with E-state index < -0.39 is 0 Å². The zero-order valence-corrected chi connectivity index (χ0v) is 15.4. The van der Waals surface area contributed by atoms with Gasteiger partial charge in [-0.15, -0.1) is 0 Å². The molecule has 6 nitrogen and oxygen atoms in total. The molecule has 0 amide bonds. The molecule has 0 N–H and O–H groups in total. The Morgan fingerprint density at radius 2 is 2.24 bits per heavy atom. The fourth-order valence-corrected chi connectivity index (χ4v) is 5.03. The second kappa shape index (κ2) is 5.81. The summed E-state index contributed by atoms with van der Waals surface area (Å²) in [6.45, 7) is 2.88. The lowest BCUT2D eigenvalue weighted by Crippen LogP contribution is -2.32. The molecule has 0 radical (unpaired) electrons. The summed E-state index contributed by atoms with van der Waals surface area (Å²) in [7, 11) is 1.95. The number of hydrogen-bond donors (Lipinski definition) is 0. The van der Waals surface area contributed by atoms with Gasteiger partial charge in [0.25, 0.3) is 0 Å². The van der Waals surface area contributed by atoms with Crippen molar-refractivity contribution >= 4 is 11.6 Å². The quantitative estimate of drug-likeness (QED) is 0.819. The maximum atomic E-state index is 6.30. The number of fused-ring (bicyclic) bond motifs is 1. The molecule has 0 bridgehead atoms. The van der Waals surface area contributed by atoms with Crippen LogP contribution in [-0.2, 0) is 25.4 Å². The third-order valence-corrected chi connectivity index (χ3v) is 6.70. The van der Waals surface area contributed by atoms with E-state index in [1.807, 2.05) is 11.7 Å². The molecule has 25 heavy (non-hydrogen) atoms. The van der Waals surface area contributed by atoms with Gasteiger partial charge in [-0.3, -0.25) is 9.58 Å². The first-order valence-electron chi connectivity index (χ1n) is 9.36. The molecule has 1 aliphatic heterocycles. The van der Waals surface area contributed by atoms with Gasteiger partial charge in [0.05, 0.1) is 22.3 Å². The summed E-state index contributed by atoms with van der Waals surface area (Å²) in [5, 5.41) is 9.29. The second-order valence-electron chi connectivity index (χ2n) is 8.14. The topological polar surface area (TPSA) is 60.0 Å². The summed E-state index contributed by atoms with van der Waals surface area (Å²) in [4.78, 5) is 7.31. The van der Waals surface area contributed by atoms with Gasteiger partial charge in [0.15, 0.2) is 5.82 Å². The van der Waals surface area contributed by atoms with Crippen molar-refractivity contribution in [3.05, 3.63) is 28.6 Å². The normalized spacial score (nSPS) is 29.4. The second-order valence-corrected chi connectivity index (χ2v) is 8.55. The van der Waals surface area contributed by atoms with Crippen molar-refractivity contribution < 1.29 is 4.52 Å². The number of nitrogens with zero attached hydrogens (tertiary/aromatic N) is 5. The Labute approximate surface area is 152 Å². The van der Waals surface area contributed by atoms with Crippen LogP contribution < -0.4 is 0 Å². The standard InChI is InChI=1S/C18H24ClN5O/c1-23-15(14(19)8-20-23)10-24-9-13-3-2-6-18(13,11-24)17-21-16(22-25-17)7-12-4-5-12/h8,12-13H,2-7,9-11H2,1H3/t13-,18-/m1/s1. The molecule has 2 saturated carbocycles. The molecule has 2 atom stereocenters. The van der Waals surface area contributed by atoms with Crippen molar-refractivity contribution in [3.63, 3.8) is 0 Å². The fraction of sp³-hybridized carbons (Fsp3) is 0.722. The van der Waals surface area contributed by atoms with Crippen LogP contribution in [0.3, 0.4) is 0 Å². The maximum absolute atomic E-state index is 6.30. The highest BCUT2D eigenvalue weighted by Crippen LogP contribution is 2.50. The summed E-state index contributed by atoms with van der Waals surface area (Å²) in [6.07, 6.45) is 9.00. The third-order valence-electron chi connectivity index (χ3n) is 6.39. The molecule has 134 valence electrons. The van der Waals surface area contributed by atoms with Crippen molar-refractivity contribution in [2.75, 3.05) is 13.1 Å². The number of rotatable bonds is 5. The van der Waals surface area contributed by atoms with Crippen LogP contribution in [0, 0.1) is 11.8 Å². The molecular formula is C18H24ClN5O. The maximum Gasteiger partial charge on any atom is 0.234 e. The van der Waals surface area contributed by atoms with E-state index >= 15 is 0 Å². The smallest absolute Gasteiger partial charge is 0.234 e. The van der Waals surface area contributed by atoms with Gasteiger partial charge in [-0.25, -0.2) is 0 Å². The van der Waals surface area contributed by atoms with E-state index in [0.717, 1.165) is 60.8 Å². The average molecular weight is 362 g/mol. The Hall–Kier alpha value is -1.40. The summed E-state index contributed by atoms with van der Waals surface area (Å²) in [5.74, 6) is 3.18. The zero-order valence-electron chi connectivity index (χ0n) is 14.6. The van der Waals surface area contributed by atoms with Crippen LogP contribution >= 0.6 is 11.6 Å². The van der Waals surface area contributed by atoms with E-state index in [-0.39, 0.29) is 5.41 Å². The molecule has 7 heteroatoms. The summed E-state index contributed by atoms with van der Waals surface area (Å²) < 4.78 is 7.66. The van der Waals surface area contributed by atoms with Gasteiger partial charge >= 0.3 is 0 Å². The van der Waals surface area contributed by atoms with Crippen LogP contribution in [0.25, 0.3) is 0 Å². The van der Waals surface area contributed by atoms with E-state index in [2.05, 4.69) is 15.2 Å². The van der Waals surface area contributed by atoms with E-state index in [1.54, 1.807) is 6.20 Å². The first-order chi connectivity index (χ1) is 12.1. The molecule has 3 aliphatic rings. The van der Waals surface area contributed by atoms with Gasteiger partial charge in [-0.1, -0.05) is 23.2 Å². The van der Waals surface area contributed by atoms with E-state index in [0.29, 0.717) is 5.92 Å². The van der Waals surface area contributed by atoms with Crippen molar-refractivity contribution in [3.8, 4) is 0 Å². The molecule has 3 fully saturated rings. The average Bonchev–Trinajstić information content (AvgIpc) is 2.90. The largest absolute Gasteiger partial charge is 0.339 e. The number of aryl methyl sites for hydroxylation is 1. The Kier molecular flexibility index (Phi) is 3.68. The Balaban J connectivity index is 1.37. The monoisotopic (exact) mass is 361 g/mol. The molecule has 0 aromatic carbocycles. The molecule has 5 rings (SSSR count). The predicted molar refractivity (Wildman–Crippen MR) is 93.2 cm³/mol. The predicted octanol–water partition coefficient (Wildman–Crippen LogP) is 2.96. The van der Waals surface area contributed by atoms with Gasteiger partial charge in [0, 0.05) is 33.1 Å². The van der Waals surface area contributed by atoms with Gasteiger partial charge < -0.3 is 4.52 Å². The lowest BCUT2D eigenvalue weighted by atomic mass is 9.80. The summed E-state index contributed by atoms with van der Waals surface area (Å²) >= 11 is 6.30. The summed E-state index contributed by atoms with van der Waals surface area (Å²) in [5.41, 5.74) is 1.12. The molecule has 2 aromatic heterocycles. The first-order valence-corrected chi connectivity index (χ1v) is 9.73. The van der Waals surface area contributed by atoms with Crippen LogP contribution in [0.4, 0.5) is 0 Å². The molecule has 2 aliphatic carbocycles. The Morgan fingerprint density at radius 1 is 1.36 bits per heavy atom. The molecular weight excluding hydrogens is 338 g/mol. The number of halogens is 1. The molecule has 1 saturated heterocycles. The van der Waals surface area contributed by atoms with E-state index in [9.17, 15) is 0 Å². The van der Waals surface area contributed by atoms with Gasteiger partial charge in [-0.05, 0) is 37.5 Å². The van der Waals surface area contributed by atoms with Crippen molar-refractivity contribution in [2.45, 2.75) is 50.5 Å². The van der Waals surface area contributed by atoms with Crippen molar-refractivity contribution in [2.24, 2.45) is 18.9 Å². The SMILES string of the molecule is Cn1ncc(Cl)c1CN1C[C@H]2CCC[C@@]2(c2nc(CC3CC3)no2)C1. The fourth-order valence-electron chi connectivity index (χ4n) is 4.81. The van der Waals surface area contributed by atoms with Crippen LogP contribution in [0.1, 0.15) is 49.5 Å². The Morgan fingerprint density at radius 3 is 3.00 bits per heavy atom. The van der Waals surface area contributed by atoms with Crippen LogP contribution in [0.15, 0.2) is 10.7 Å².